The van der Waals surface area contributed by atoms with Crippen molar-refractivity contribution in [2.75, 3.05) is 58.7 Å². The van der Waals surface area contributed by atoms with Gasteiger partial charge in [0.15, 0.2) is 0 Å². The topological polar surface area (TPSA) is 76.6 Å². The summed E-state index contributed by atoms with van der Waals surface area (Å²) in [7, 11) is 4.19. The van der Waals surface area contributed by atoms with Crippen LogP contribution in [-0.4, -0.2) is 90.1 Å². The molecule has 0 unspecified atom stereocenters. The number of urea groups is 1. The second-order valence-electron chi connectivity index (χ2n) is 9.64. The van der Waals surface area contributed by atoms with Crippen LogP contribution in [0.5, 0.6) is 0 Å². The molecule has 33 heavy (non-hydrogen) atoms. The Labute approximate surface area is 197 Å². The fraction of sp³-hybridized carbons (Fsp3) is 0.640. The highest BCUT2D eigenvalue weighted by Crippen LogP contribution is 2.21. The minimum atomic E-state index is 0.104. The van der Waals surface area contributed by atoms with E-state index in [4.69, 9.17) is 9.97 Å². The van der Waals surface area contributed by atoms with Gasteiger partial charge in [0.1, 0.15) is 11.6 Å². The second-order valence-corrected chi connectivity index (χ2v) is 9.64. The van der Waals surface area contributed by atoms with Gasteiger partial charge < -0.3 is 20.4 Å². The number of aromatic nitrogens is 2. The van der Waals surface area contributed by atoms with Crippen LogP contribution in [0.25, 0.3) is 10.9 Å². The fourth-order valence-electron chi connectivity index (χ4n) is 4.75. The van der Waals surface area contributed by atoms with E-state index in [9.17, 15) is 4.79 Å². The van der Waals surface area contributed by atoms with Crippen LogP contribution < -0.4 is 10.6 Å². The maximum absolute atomic E-state index is 12.6. The number of fused-ring (bicyclic) bond motifs is 1. The average molecular weight is 454 g/mol. The van der Waals surface area contributed by atoms with Crippen LogP contribution >= 0.6 is 0 Å². The second kappa shape index (κ2) is 11.6. The van der Waals surface area contributed by atoms with Crippen molar-refractivity contribution >= 4 is 22.8 Å². The molecule has 8 nitrogen and oxygen atoms in total. The number of piperazine rings is 1. The maximum Gasteiger partial charge on any atom is 0.317 e. The predicted octanol–water partition coefficient (Wildman–Crippen LogP) is 3.15. The molecule has 0 atom stereocenters. The van der Waals surface area contributed by atoms with E-state index in [1.807, 2.05) is 17.0 Å². The maximum atomic E-state index is 12.6. The number of carbonyl (C=O) groups excluding carboxylic acids is 1. The number of nitrogens with zero attached hydrogens (tertiary/aromatic N) is 5. The normalized spacial score (nSPS) is 18.1. The molecule has 1 saturated heterocycles. The number of hydrogen-bond acceptors (Lipinski definition) is 6. The van der Waals surface area contributed by atoms with Crippen molar-refractivity contribution in [2.45, 2.75) is 51.1 Å². The molecule has 180 valence electrons. The van der Waals surface area contributed by atoms with E-state index in [2.05, 4.69) is 46.7 Å². The molecule has 8 heteroatoms. The Kier molecular flexibility index (Phi) is 8.34. The van der Waals surface area contributed by atoms with Crippen LogP contribution in [-0.2, 0) is 6.54 Å². The van der Waals surface area contributed by atoms with Gasteiger partial charge in [-0.25, -0.2) is 14.8 Å². The highest BCUT2D eigenvalue weighted by atomic mass is 16.2. The lowest BCUT2D eigenvalue weighted by Crippen LogP contribution is -2.53. The standard InChI is InChI=1S/C25H39N7O/c1-30(2)14-8-13-26-24-21-11-6-7-12-22(21)28-23(29-24)19-31-15-17-32(18-16-31)25(33)27-20-9-4-3-5-10-20/h6-7,11-12,20H,3-5,8-10,13-19H2,1-2H3,(H,27,33)(H,26,28,29). The zero-order chi connectivity index (χ0) is 23.0. The molecule has 2 fully saturated rings. The Bertz CT molecular complexity index is 905. The van der Waals surface area contributed by atoms with Gasteiger partial charge in [0.2, 0.25) is 0 Å². The lowest BCUT2D eigenvalue weighted by atomic mass is 9.96. The molecule has 1 aromatic heterocycles. The number of carbonyl (C=O) groups is 1. The summed E-state index contributed by atoms with van der Waals surface area (Å²) in [5.41, 5.74) is 0.975. The van der Waals surface area contributed by atoms with Gasteiger partial charge in [-0.05, 0) is 52.0 Å². The van der Waals surface area contributed by atoms with Gasteiger partial charge in [0.25, 0.3) is 0 Å². The van der Waals surface area contributed by atoms with E-state index in [-0.39, 0.29) is 6.03 Å². The molecule has 4 rings (SSSR count). The van der Waals surface area contributed by atoms with E-state index in [0.717, 1.165) is 81.1 Å². The summed E-state index contributed by atoms with van der Waals surface area (Å²) in [6, 6.07) is 8.66. The van der Waals surface area contributed by atoms with Gasteiger partial charge in [-0.15, -0.1) is 0 Å². The van der Waals surface area contributed by atoms with Crippen LogP contribution in [0.1, 0.15) is 44.3 Å². The summed E-state index contributed by atoms with van der Waals surface area (Å²) in [6.45, 7) is 5.83. The Hall–Kier alpha value is -2.45. The van der Waals surface area contributed by atoms with Crippen molar-refractivity contribution in [1.82, 2.24) is 30.0 Å². The summed E-state index contributed by atoms with van der Waals surface area (Å²) in [4.78, 5) is 28.9. The van der Waals surface area contributed by atoms with E-state index in [1.165, 1.54) is 19.3 Å². The molecule has 2 heterocycles. The summed E-state index contributed by atoms with van der Waals surface area (Å²) in [6.07, 6.45) is 7.07. The largest absolute Gasteiger partial charge is 0.369 e. The zero-order valence-corrected chi connectivity index (χ0v) is 20.2. The fourth-order valence-corrected chi connectivity index (χ4v) is 4.75. The lowest BCUT2D eigenvalue weighted by molar-refractivity contribution is 0.130. The Morgan fingerprint density at radius 2 is 1.82 bits per heavy atom. The van der Waals surface area contributed by atoms with Crippen LogP contribution in [0.15, 0.2) is 24.3 Å². The predicted molar refractivity (Wildman–Crippen MR) is 133 cm³/mol. The minimum absolute atomic E-state index is 0.104. The quantitative estimate of drug-likeness (QED) is 0.598. The monoisotopic (exact) mass is 453 g/mol. The first-order valence-electron chi connectivity index (χ1n) is 12.5. The molecule has 0 bridgehead atoms. The van der Waals surface area contributed by atoms with E-state index in [0.29, 0.717) is 12.6 Å². The van der Waals surface area contributed by atoms with Gasteiger partial charge in [-0.1, -0.05) is 31.4 Å². The molecule has 2 aliphatic rings. The van der Waals surface area contributed by atoms with Gasteiger partial charge in [-0.3, -0.25) is 4.90 Å². The van der Waals surface area contributed by atoms with Crippen LogP contribution in [0.3, 0.4) is 0 Å². The third-order valence-electron chi connectivity index (χ3n) is 6.68. The first kappa shape index (κ1) is 23.7. The van der Waals surface area contributed by atoms with E-state index in [1.54, 1.807) is 0 Å². The summed E-state index contributed by atoms with van der Waals surface area (Å²) < 4.78 is 0. The van der Waals surface area contributed by atoms with E-state index < -0.39 is 0 Å². The number of para-hydroxylation sites is 1. The first-order chi connectivity index (χ1) is 16.1. The van der Waals surface area contributed by atoms with Crippen molar-refractivity contribution < 1.29 is 4.79 Å². The van der Waals surface area contributed by atoms with Crippen molar-refractivity contribution in [3.8, 4) is 0 Å². The molecule has 0 radical (unpaired) electrons. The summed E-state index contributed by atoms with van der Waals surface area (Å²) in [5, 5.41) is 7.83. The molecule has 2 aromatic rings. The first-order valence-corrected chi connectivity index (χ1v) is 12.5. The number of hydrogen-bond donors (Lipinski definition) is 2. The summed E-state index contributed by atoms with van der Waals surface area (Å²) >= 11 is 0. The van der Waals surface area contributed by atoms with Gasteiger partial charge >= 0.3 is 6.03 Å². The third kappa shape index (κ3) is 6.77. The Morgan fingerprint density at radius 1 is 1.06 bits per heavy atom. The number of anilines is 1. The number of benzene rings is 1. The molecule has 2 N–H and O–H groups in total. The third-order valence-corrected chi connectivity index (χ3v) is 6.68. The molecule has 1 aliphatic heterocycles. The molecule has 1 aliphatic carbocycles. The Balaban J connectivity index is 1.32. The van der Waals surface area contributed by atoms with Gasteiger partial charge in [0, 0.05) is 44.2 Å². The number of amides is 2. The molecule has 1 saturated carbocycles. The smallest absolute Gasteiger partial charge is 0.317 e. The highest BCUT2D eigenvalue weighted by Gasteiger charge is 2.24. The van der Waals surface area contributed by atoms with Gasteiger partial charge in [0.05, 0.1) is 12.1 Å². The number of rotatable bonds is 8. The van der Waals surface area contributed by atoms with Crippen molar-refractivity contribution in [3.63, 3.8) is 0 Å². The van der Waals surface area contributed by atoms with Crippen molar-refractivity contribution in [1.29, 1.82) is 0 Å². The Morgan fingerprint density at radius 3 is 2.58 bits per heavy atom. The lowest BCUT2D eigenvalue weighted by Gasteiger charge is -2.35. The van der Waals surface area contributed by atoms with Crippen LogP contribution in [0.2, 0.25) is 0 Å². The summed E-state index contributed by atoms with van der Waals surface area (Å²) in [5.74, 6) is 1.75. The van der Waals surface area contributed by atoms with Crippen molar-refractivity contribution in [3.05, 3.63) is 30.1 Å². The van der Waals surface area contributed by atoms with Gasteiger partial charge in [-0.2, -0.15) is 0 Å². The molecule has 1 aromatic carbocycles. The van der Waals surface area contributed by atoms with Crippen LogP contribution in [0.4, 0.5) is 10.6 Å². The van der Waals surface area contributed by atoms with E-state index >= 15 is 0 Å². The minimum Gasteiger partial charge on any atom is -0.369 e. The molecular weight excluding hydrogens is 414 g/mol. The SMILES string of the molecule is CN(C)CCCNc1nc(CN2CCN(C(=O)NC3CCCCC3)CC2)nc2ccccc12. The zero-order valence-electron chi connectivity index (χ0n) is 20.2. The molecule has 0 spiro atoms. The molecular formula is C25H39N7O. The average Bonchev–Trinajstić information content (AvgIpc) is 2.82. The highest BCUT2D eigenvalue weighted by molar-refractivity contribution is 5.88. The van der Waals surface area contributed by atoms with Crippen molar-refractivity contribution in [2.24, 2.45) is 0 Å². The van der Waals surface area contributed by atoms with Crippen LogP contribution in [0, 0.1) is 0 Å². The molecule has 2 amide bonds. The number of nitrogens with one attached hydrogen (secondary N) is 2.